The third-order valence-electron chi connectivity index (χ3n) is 8.60. The molecule has 1 aromatic carbocycles. The van der Waals surface area contributed by atoms with Gasteiger partial charge in [-0.25, -0.2) is 14.2 Å². The summed E-state index contributed by atoms with van der Waals surface area (Å²) < 4.78 is 32.5. The molecular weight excluding hydrogens is 535 g/mol. The number of rotatable bonds is 4. The van der Waals surface area contributed by atoms with Crippen molar-refractivity contribution < 1.29 is 23.4 Å². The van der Waals surface area contributed by atoms with E-state index in [0.717, 1.165) is 55.5 Å². The standard InChI is InChI=1S/C30H37ClFN3O4.H3N/c1-28(2,3)39-27(36)33-21-8-7-19-6-4-10-30(23(19)12-21)15-25-22(17-38-30)24(31)13-26(34-25)37-18-29-9-5-11-35(29)16-20(32)14-29;/h7-8,12-13,20H,4-6,9-11,14-18H2,1-3H3,(H,33,36);1H3/t20-,29+,30+;/m1./s1. The fourth-order valence-electron chi connectivity index (χ4n) is 6.88. The Bertz CT molecular complexity index is 1290. The molecule has 3 atom stereocenters. The van der Waals surface area contributed by atoms with Crippen molar-refractivity contribution in [3.63, 3.8) is 0 Å². The zero-order valence-electron chi connectivity index (χ0n) is 23.7. The number of ether oxygens (including phenoxy) is 3. The number of hydrogen-bond acceptors (Lipinski definition) is 7. The molecule has 2 saturated heterocycles. The molecule has 10 heteroatoms. The first-order valence-electron chi connectivity index (χ1n) is 14.0. The smallest absolute Gasteiger partial charge is 0.412 e. The third kappa shape index (κ3) is 5.53. The van der Waals surface area contributed by atoms with Gasteiger partial charge in [0.05, 0.1) is 28.5 Å². The first kappa shape index (κ1) is 29.0. The summed E-state index contributed by atoms with van der Waals surface area (Å²) in [6.07, 6.45) is 4.59. The number of halogens is 2. The fourth-order valence-corrected chi connectivity index (χ4v) is 7.13. The van der Waals surface area contributed by atoms with E-state index in [1.165, 1.54) is 5.56 Å². The molecule has 1 spiro atoms. The quantitative estimate of drug-likeness (QED) is 0.429. The molecule has 40 heavy (non-hydrogen) atoms. The molecule has 1 amide bonds. The van der Waals surface area contributed by atoms with Crippen molar-refractivity contribution in [1.29, 1.82) is 0 Å². The summed E-state index contributed by atoms with van der Waals surface area (Å²) in [6.45, 7) is 7.70. The maximum Gasteiger partial charge on any atom is 0.412 e. The molecule has 4 aliphatic rings. The zero-order valence-corrected chi connectivity index (χ0v) is 24.4. The van der Waals surface area contributed by atoms with Gasteiger partial charge in [0, 0.05) is 36.7 Å². The Morgan fingerprint density at radius 3 is 2.90 bits per heavy atom. The minimum Gasteiger partial charge on any atom is -0.476 e. The number of carbonyl (C=O) groups is 1. The number of nitrogens with one attached hydrogen (secondary N) is 1. The van der Waals surface area contributed by atoms with Crippen LogP contribution in [0.3, 0.4) is 0 Å². The molecule has 4 N–H and O–H groups in total. The molecule has 2 fully saturated rings. The zero-order chi connectivity index (χ0) is 27.4. The predicted octanol–water partition coefficient (Wildman–Crippen LogP) is 6.50. The van der Waals surface area contributed by atoms with Crippen LogP contribution in [-0.4, -0.2) is 53.0 Å². The van der Waals surface area contributed by atoms with Crippen LogP contribution in [0.15, 0.2) is 24.3 Å². The molecule has 0 saturated carbocycles. The van der Waals surface area contributed by atoms with Gasteiger partial charge in [0.1, 0.15) is 18.4 Å². The van der Waals surface area contributed by atoms with Gasteiger partial charge in [-0.1, -0.05) is 17.7 Å². The van der Waals surface area contributed by atoms with Crippen molar-refractivity contribution in [2.75, 3.05) is 25.0 Å². The second-order valence-electron chi connectivity index (χ2n) is 12.5. The Kier molecular flexibility index (Phi) is 7.80. The Hall–Kier alpha value is -2.46. The van der Waals surface area contributed by atoms with Crippen LogP contribution in [0.4, 0.5) is 14.9 Å². The predicted molar refractivity (Wildman–Crippen MR) is 152 cm³/mol. The average Bonchev–Trinajstić information content (AvgIpc) is 3.38. The summed E-state index contributed by atoms with van der Waals surface area (Å²) >= 11 is 6.71. The van der Waals surface area contributed by atoms with E-state index in [1.807, 2.05) is 32.9 Å². The minimum absolute atomic E-state index is 0. The van der Waals surface area contributed by atoms with Crippen LogP contribution in [0.1, 0.15) is 75.3 Å². The Balaban J connectivity index is 0.00000323. The van der Waals surface area contributed by atoms with Gasteiger partial charge in [0.25, 0.3) is 0 Å². The van der Waals surface area contributed by atoms with E-state index in [0.29, 0.717) is 49.2 Å². The highest BCUT2D eigenvalue weighted by atomic mass is 35.5. The number of amides is 1. The van der Waals surface area contributed by atoms with Gasteiger partial charge in [0.2, 0.25) is 5.88 Å². The SMILES string of the molecule is CC(C)(C)OC(=O)Nc1ccc2c(c1)[C@]1(CCC2)Cc2nc(OC[C@@]34CCCN3C[C@H](F)C4)cc(Cl)c2CO1.N. The lowest BCUT2D eigenvalue weighted by Gasteiger charge is -2.42. The third-order valence-corrected chi connectivity index (χ3v) is 8.94. The Morgan fingerprint density at radius 2 is 2.10 bits per heavy atom. The molecule has 0 bridgehead atoms. The number of aromatic nitrogens is 1. The number of pyridine rings is 1. The van der Waals surface area contributed by atoms with Gasteiger partial charge < -0.3 is 20.4 Å². The van der Waals surface area contributed by atoms with Gasteiger partial charge >= 0.3 is 6.09 Å². The highest BCUT2D eigenvalue weighted by molar-refractivity contribution is 6.31. The summed E-state index contributed by atoms with van der Waals surface area (Å²) in [4.78, 5) is 19.6. The van der Waals surface area contributed by atoms with Crippen LogP contribution in [0, 0.1) is 0 Å². The van der Waals surface area contributed by atoms with Crippen LogP contribution in [0.2, 0.25) is 5.02 Å². The lowest BCUT2D eigenvalue weighted by molar-refractivity contribution is -0.0855. The Morgan fingerprint density at radius 1 is 1.27 bits per heavy atom. The van der Waals surface area contributed by atoms with Crippen molar-refractivity contribution in [3.05, 3.63) is 51.7 Å². The topological polar surface area (TPSA) is 108 Å². The summed E-state index contributed by atoms with van der Waals surface area (Å²) in [5, 5.41) is 3.45. The molecule has 1 aliphatic carbocycles. The van der Waals surface area contributed by atoms with Crippen molar-refractivity contribution in [2.24, 2.45) is 0 Å². The first-order valence-corrected chi connectivity index (χ1v) is 14.4. The van der Waals surface area contributed by atoms with Crippen molar-refractivity contribution in [3.8, 4) is 5.88 Å². The summed E-state index contributed by atoms with van der Waals surface area (Å²) in [5.74, 6) is 0.482. The molecule has 2 aromatic rings. The van der Waals surface area contributed by atoms with E-state index < -0.39 is 23.5 Å². The fraction of sp³-hybridized carbons (Fsp3) is 0.600. The van der Waals surface area contributed by atoms with E-state index in [2.05, 4.69) is 16.3 Å². The number of benzene rings is 1. The van der Waals surface area contributed by atoms with Gasteiger partial charge in [-0.3, -0.25) is 10.2 Å². The summed E-state index contributed by atoms with van der Waals surface area (Å²) in [5.41, 5.74) is 3.32. The van der Waals surface area contributed by atoms with E-state index >= 15 is 0 Å². The van der Waals surface area contributed by atoms with Gasteiger partial charge in [-0.2, -0.15) is 0 Å². The molecule has 1 aromatic heterocycles. The molecule has 4 heterocycles. The van der Waals surface area contributed by atoms with E-state index in [9.17, 15) is 9.18 Å². The van der Waals surface area contributed by atoms with Crippen molar-refractivity contribution in [1.82, 2.24) is 16.0 Å². The second kappa shape index (κ2) is 10.7. The minimum atomic E-state index is -0.799. The van der Waals surface area contributed by atoms with Crippen LogP contribution < -0.4 is 16.2 Å². The normalized spacial score (nSPS) is 27.4. The van der Waals surface area contributed by atoms with Crippen molar-refractivity contribution >= 4 is 23.4 Å². The van der Waals surface area contributed by atoms with Crippen LogP contribution in [0.5, 0.6) is 5.88 Å². The number of aryl methyl sites for hydroxylation is 1. The monoisotopic (exact) mass is 574 g/mol. The van der Waals surface area contributed by atoms with Crippen LogP contribution in [-0.2, 0) is 34.5 Å². The largest absolute Gasteiger partial charge is 0.476 e. The van der Waals surface area contributed by atoms with Crippen molar-refractivity contribution in [2.45, 2.75) is 95.2 Å². The molecule has 8 nitrogen and oxygen atoms in total. The number of fused-ring (bicyclic) bond motifs is 4. The summed E-state index contributed by atoms with van der Waals surface area (Å²) in [6, 6.07) is 7.74. The van der Waals surface area contributed by atoms with Gasteiger partial charge in [0.15, 0.2) is 0 Å². The highest BCUT2D eigenvalue weighted by Crippen LogP contribution is 2.47. The van der Waals surface area contributed by atoms with Crippen LogP contribution in [0.25, 0.3) is 0 Å². The molecule has 6 rings (SSSR count). The second-order valence-corrected chi connectivity index (χ2v) is 13.0. The average molecular weight is 575 g/mol. The number of alkyl halides is 1. The van der Waals surface area contributed by atoms with Crippen LogP contribution >= 0.6 is 11.6 Å². The molecule has 0 radical (unpaired) electrons. The Labute approximate surface area is 240 Å². The van der Waals surface area contributed by atoms with E-state index in [4.69, 9.17) is 30.8 Å². The lowest BCUT2D eigenvalue weighted by Crippen LogP contribution is -2.43. The molecule has 218 valence electrons. The molecule has 3 aliphatic heterocycles. The number of anilines is 1. The number of nitrogens with zero attached hydrogens (tertiary/aromatic N) is 2. The molecular formula is C30H40ClFN4O4. The maximum absolute atomic E-state index is 14.2. The summed E-state index contributed by atoms with van der Waals surface area (Å²) in [7, 11) is 0. The van der Waals surface area contributed by atoms with E-state index in [-0.39, 0.29) is 11.7 Å². The van der Waals surface area contributed by atoms with E-state index in [1.54, 1.807) is 6.07 Å². The number of hydrogen-bond donors (Lipinski definition) is 2. The highest BCUT2D eigenvalue weighted by Gasteiger charge is 2.49. The first-order chi connectivity index (χ1) is 18.5. The maximum atomic E-state index is 14.2. The molecule has 0 unspecified atom stereocenters. The van der Waals surface area contributed by atoms with Gasteiger partial charge in [-0.05, 0) is 82.7 Å². The van der Waals surface area contributed by atoms with Gasteiger partial charge in [-0.15, -0.1) is 0 Å². The number of carbonyl (C=O) groups excluding carboxylic acids is 1. The lowest BCUT2D eigenvalue weighted by atomic mass is 9.74.